The lowest BCUT2D eigenvalue weighted by molar-refractivity contribution is -0.383. The molecule has 0 bridgehead atoms. The fourth-order valence-electron chi connectivity index (χ4n) is 1.65. The maximum Gasteiger partial charge on any atom is 0.279 e. The third-order valence-corrected chi connectivity index (χ3v) is 2.78. The number of hydrogen-bond acceptors (Lipinski definition) is 5. The van der Waals surface area contributed by atoms with Crippen LogP contribution < -0.4 is 4.74 Å². The summed E-state index contributed by atoms with van der Waals surface area (Å²) in [6, 6.07) is 6.38. The first-order chi connectivity index (χ1) is 8.74. The molecule has 18 heavy (non-hydrogen) atoms. The lowest BCUT2D eigenvalue weighted by Crippen LogP contribution is -2.00. The highest BCUT2D eigenvalue weighted by Gasteiger charge is 2.15. The van der Waals surface area contributed by atoms with Crippen molar-refractivity contribution in [1.29, 1.82) is 0 Å². The molecule has 6 heteroatoms. The number of hydrogen-bond donors (Lipinski definition) is 1. The van der Waals surface area contributed by atoms with Crippen LogP contribution in [0.15, 0.2) is 30.5 Å². The van der Waals surface area contributed by atoms with Gasteiger partial charge in [0.05, 0.1) is 16.9 Å². The second-order valence-corrected chi connectivity index (χ2v) is 4.11. The lowest BCUT2D eigenvalue weighted by atomic mass is 10.1. The van der Waals surface area contributed by atoms with Crippen LogP contribution >= 0.6 is 12.6 Å². The minimum atomic E-state index is -0.415. The van der Waals surface area contributed by atoms with Gasteiger partial charge in [0.1, 0.15) is 11.3 Å². The first-order valence-corrected chi connectivity index (χ1v) is 6.13. The molecule has 0 saturated heterocycles. The molecule has 0 unspecified atom stereocenters. The van der Waals surface area contributed by atoms with Crippen LogP contribution in [-0.4, -0.2) is 22.3 Å². The summed E-state index contributed by atoms with van der Waals surface area (Å²) in [6.45, 7) is 0.521. The Morgan fingerprint density at radius 1 is 1.39 bits per heavy atom. The van der Waals surface area contributed by atoms with E-state index in [1.807, 2.05) is 0 Å². The SMILES string of the molecule is O=[N+]([O-])c1ccc(OCCCS)c2ncccc12. The monoisotopic (exact) mass is 264 g/mol. The summed E-state index contributed by atoms with van der Waals surface area (Å²) in [7, 11) is 0. The van der Waals surface area contributed by atoms with Crippen molar-refractivity contribution in [3.8, 4) is 5.75 Å². The summed E-state index contributed by atoms with van der Waals surface area (Å²) in [5, 5.41) is 11.4. The van der Waals surface area contributed by atoms with Crippen LogP contribution in [0.25, 0.3) is 10.9 Å². The number of rotatable bonds is 5. The fourth-order valence-corrected chi connectivity index (χ4v) is 1.78. The van der Waals surface area contributed by atoms with Gasteiger partial charge in [-0.2, -0.15) is 12.6 Å². The smallest absolute Gasteiger partial charge is 0.279 e. The number of aromatic nitrogens is 1. The molecule has 1 aromatic carbocycles. The van der Waals surface area contributed by atoms with Gasteiger partial charge in [-0.15, -0.1) is 0 Å². The van der Waals surface area contributed by atoms with E-state index in [0.29, 0.717) is 23.3 Å². The molecule has 0 radical (unpaired) electrons. The summed E-state index contributed by atoms with van der Waals surface area (Å²) in [5.41, 5.74) is 0.561. The average Bonchev–Trinajstić information content (AvgIpc) is 2.38. The van der Waals surface area contributed by atoms with Gasteiger partial charge < -0.3 is 4.74 Å². The number of non-ortho nitro benzene ring substituents is 1. The van der Waals surface area contributed by atoms with Gasteiger partial charge in [0, 0.05) is 12.3 Å². The van der Waals surface area contributed by atoms with Crippen molar-refractivity contribution < 1.29 is 9.66 Å². The number of ether oxygens (including phenoxy) is 1. The summed E-state index contributed by atoms with van der Waals surface area (Å²) in [6.07, 6.45) is 2.41. The van der Waals surface area contributed by atoms with Crippen molar-refractivity contribution in [3.63, 3.8) is 0 Å². The van der Waals surface area contributed by atoms with E-state index >= 15 is 0 Å². The summed E-state index contributed by atoms with van der Waals surface area (Å²) >= 11 is 4.10. The summed E-state index contributed by atoms with van der Waals surface area (Å²) in [4.78, 5) is 14.7. The van der Waals surface area contributed by atoms with Gasteiger partial charge in [-0.3, -0.25) is 15.1 Å². The summed E-state index contributed by atoms with van der Waals surface area (Å²) in [5.74, 6) is 1.30. The van der Waals surface area contributed by atoms with E-state index in [1.165, 1.54) is 6.07 Å². The largest absolute Gasteiger partial charge is 0.491 e. The highest BCUT2D eigenvalue weighted by molar-refractivity contribution is 7.80. The van der Waals surface area contributed by atoms with Crippen LogP contribution in [0.2, 0.25) is 0 Å². The van der Waals surface area contributed by atoms with Crippen molar-refractivity contribution in [3.05, 3.63) is 40.6 Å². The Morgan fingerprint density at radius 2 is 2.22 bits per heavy atom. The maximum atomic E-state index is 10.9. The molecule has 0 atom stereocenters. The van der Waals surface area contributed by atoms with Crippen LogP contribution in [0, 0.1) is 10.1 Å². The molecule has 0 saturated carbocycles. The Hall–Kier alpha value is -1.82. The second-order valence-electron chi connectivity index (χ2n) is 3.67. The Morgan fingerprint density at radius 3 is 2.94 bits per heavy atom. The van der Waals surface area contributed by atoms with E-state index in [1.54, 1.807) is 24.4 Å². The maximum absolute atomic E-state index is 10.9. The second kappa shape index (κ2) is 5.68. The number of nitro benzene ring substituents is 1. The molecule has 0 N–H and O–H groups in total. The minimum Gasteiger partial charge on any atom is -0.491 e. The predicted molar refractivity (Wildman–Crippen MR) is 72.4 cm³/mol. The van der Waals surface area contributed by atoms with Gasteiger partial charge in [-0.1, -0.05) is 0 Å². The number of nitro groups is 1. The number of pyridine rings is 1. The van der Waals surface area contributed by atoms with Crippen LogP contribution in [0.5, 0.6) is 5.75 Å². The molecule has 0 spiro atoms. The van der Waals surface area contributed by atoms with Crippen molar-refractivity contribution >= 4 is 29.2 Å². The molecule has 2 rings (SSSR count). The number of nitrogens with zero attached hydrogens (tertiary/aromatic N) is 2. The topological polar surface area (TPSA) is 65.3 Å². The normalized spacial score (nSPS) is 10.5. The molecule has 94 valence electrons. The van der Waals surface area contributed by atoms with Gasteiger partial charge in [0.25, 0.3) is 5.69 Å². The Balaban J connectivity index is 2.44. The molecule has 0 aliphatic heterocycles. The number of benzene rings is 1. The van der Waals surface area contributed by atoms with Crippen molar-refractivity contribution in [2.24, 2.45) is 0 Å². The standard InChI is InChI=1S/C12H12N2O3S/c15-14(16)10-4-5-11(17-7-2-8-18)12-9(10)3-1-6-13-12/h1,3-6,18H,2,7-8H2. The lowest BCUT2D eigenvalue weighted by Gasteiger charge is -2.08. The molecule has 0 fully saturated rings. The molecule has 2 aromatic rings. The molecule has 1 heterocycles. The van der Waals surface area contributed by atoms with E-state index < -0.39 is 4.92 Å². The number of fused-ring (bicyclic) bond motifs is 1. The van der Waals surface area contributed by atoms with Gasteiger partial charge in [0.2, 0.25) is 0 Å². The van der Waals surface area contributed by atoms with E-state index in [4.69, 9.17) is 4.74 Å². The van der Waals surface area contributed by atoms with Crippen LogP contribution in [0.3, 0.4) is 0 Å². The van der Waals surface area contributed by atoms with Crippen molar-refractivity contribution in [2.75, 3.05) is 12.4 Å². The van der Waals surface area contributed by atoms with Crippen molar-refractivity contribution in [2.45, 2.75) is 6.42 Å². The van der Waals surface area contributed by atoms with Gasteiger partial charge >= 0.3 is 0 Å². The fraction of sp³-hybridized carbons (Fsp3) is 0.250. The third-order valence-electron chi connectivity index (χ3n) is 2.47. The molecule has 0 amide bonds. The van der Waals surface area contributed by atoms with Gasteiger partial charge in [-0.25, -0.2) is 0 Å². The Bertz CT molecular complexity index is 574. The van der Waals surface area contributed by atoms with E-state index in [2.05, 4.69) is 17.6 Å². The Kier molecular flexibility index (Phi) is 3.99. The zero-order chi connectivity index (χ0) is 13.0. The molecule has 0 aliphatic rings. The van der Waals surface area contributed by atoms with E-state index in [-0.39, 0.29) is 5.69 Å². The first-order valence-electron chi connectivity index (χ1n) is 5.50. The van der Waals surface area contributed by atoms with E-state index in [9.17, 15) is 10.1 Å². The third kappa shape index (κ3) is 2.53. The minimum absolute atomic E-state index is 0.0413. The van der Waals surface area contributed by atoms with Crippen LogP contribution in [0.4, 0.5) is 5.69 Å². The van der Waals surface area contributed by atoms with Crippen LogP contribution in [0.1, 0.15) is 6.42 Å². The predicted octanol–water partition coefficient (Wildman–Crippen LogP) is 2.84. The molecule has 5 nitrogen and oxygen atoms in total. The number of thiol groups is 1. The van der Waals surface area contributed by atoms with Crippen molar-refractivity contribution in [1.82, 2.24) is 4.98 Å². The summed E-state index contributed by atoms with van der Waals surface area (Å²) < 4.78 is 5.56. The molecular weight excluding hydrogens is 252 g/mol. The van der Waals surface area contributed by atoms with Gasteiger partial charge in [-0.05, 0) is 30.4 Å². The zero-order valence-electron chi connectivity index (χ0n) is 9.57. The average molecular weight is 264 g/mol. The molecular formula is C12H12N2O3S. The highest BCUT2D eigenvalue weighted by atomic mass is 32.1. The van der Waals surface area contributed by atoms with Gasteiger partial charge in [0.15, 0.2) is 0 Å². The highest BCUT2D eigenvalue weighted by Crippen LogP contribution is 2.31. The zero-order valence-corrected chi connectivity index (χ0v) is 10.5. The van der Waals surface area contributed by atoms with E-state index in [0.717, 1.165) is 12.2 Å². The van der Waals surface area contributed by atoms with Crippen LogP contribution in [-0.2, 0) is 0 Å². The Labute approximate surface area is 109 Å². The molecule has 1 aromatic heterocycles. The molecule has 0 aliphatic carbocycles. The first kappa shape index (κ1) is 12.6. The quantitative estimate of drug-likeness (QED) is 0.390.